The lowest BCUT2D eigenvalue weighted by molar-refractivity contribution is 0.0933. The van der Waals surface area contributed by atoms with Crippen molar-refractivity contribution < 1.29 is 14.6 Å². The van der Waals surface area contributed by atoms with Crippen LogP contribution in [0.3, 0.4) is 0 Å². The number of Topliss-reactive ketones (excluding diaryl/α,β-unsaturated/α-hetero) is 1. The Bertz CT molecular complexity index is 373. The molecule has 0 aliphatic carbocycles. The van der Waals surface area contributed by atoms with E-state index >= 15 is 0 Å². The van der Waals surface area contributed by atoms with Crippen LogP contribution in [-0.4, -0.2) is 17.5 Å². The zero-order valence-corrected chi connectivity index (χ0v) is 8.30. The first kappa shape index (κ1) is 8.56. The summed E-state index contributed by atoms with van der Waals surface area (Å²) in [7, 11) is 0. The van der Waals surface area contributed by atoms with Gasteiger partial charge in [0.15, 0.2) is 5.78 Å². The van der Waals surface area contributed by atoms with Gasteiger partial charge in [0.2, 0.25) is 0 Å². The van der Waals surface area contributed by atoms with Crippen molar-refractivity contribution in [3.8, 4) is 11.5 Å². The predicted molar refractivity (Wildman–Crippen MR) is 50.2 cm³/mol. The third-order valence-corrected chi connectivity index (χ3v) is 2.57. The summed E-state index contributed by atoms with van der Waals surface area (Å²) in [4.78, 5) is 11.4. The second-order valence-corrected chi connectivity index (χ2v) is 3.68. The summed E-state index contributed by atoms with van der Waals surface area (Å²) in [6, 6.07) is 3.04. The van der Waals surface area contributed by atoms with Crippen LogP contribution in [0.2, 0.25) is 0 Å². The molecule has 4 heteroatoms. The maximum absolute atomic E-state index is 11.4. The number of fused-ring (bicyclic) bond motifs is 1. The highest BCUT2D eigenvalue weighted by Crippen LogP contribution is 2.34. The van der Waals surface area contributed by atoms with Gasteiger partial charge in [-0.2, -0.15) is 0 Å². The first-order valence-electron chi connectivity index (χ1n) is 3.87. The van der Waals surface area contributed by atoms with E-state index in [0.29, 0.717) is 28.8 Å². The summed E-state index contributed by atoms with van der Waals surface area (Å²) >= 11 is 3.14. The maximum Gasteiger partial charge on any atom is 0.170 e. The second-order valence-electron chi connectivity index (χ2n) is 2.82. The molecule has 1 aromatic carbocycles. The Labute approximate surface area is 83.5 Å². The predicted octanol–water partition coefficient (Wildman–Crippen LogP) is 2.12. The summed E-state index contributed by atoms with van der Waals surface area (Å²) in [5, 5.41) is 9.32. The first-order chi connectivity index (χ1) is 6.18. The molecule has 0 spiro atoms. The van der Waals surface area contributed by atoms with Crippen LogP contribution in [0.5, 0.6) is 11.5 Å². The summed E-state index contributed by atoms with van der Waals surface area (Å²) in [6.07, 6.45) is 0.407. The second kappa shape index (κ2) is 3.03. The average molecular weight is 243 g/mol. The molecule has 13 heavy (non-hydrogen) atoms. The highest BCUT2D eigenvalue weighted by atomic mass is 79.9. The van der Waals surface area contributed by atoms with E-state index in [1.807, 2.05) is 0 Å². The Balaban J connectivity index is 2.58. The van der Waals surface area contributed by atoms with E-state index < -0.39 is 0 Å². The number of carbonyl (C=O) groups is 1. The Morgan fingerprint density at radius 2 is 2.23 bits per heavy atom. The van der Waals surface area contributed by atoms with E-state index in [2.05, 4.69) is 15.9 Å². The average Bonchev–Trinajstić information content (AvgIpc) is 2.09. The molecule has 0 unspecified atom stereocenters. The number of halogens is 1. The van der Waals surface area contributed by atoms with Crippen LogP contribution in [0.4, 0.5) is 0 Å². The number of ketones is 1. The Kier molecular flexibility index (Phi) is 2.00. The molecular formula is C9H7BrO3. The maximum atomic E-state index is 11.4. The van der Waals surface area contributed by atoms with Gasteiger partial charge in [-0.15, -0.1) is 0 Å². The molecule has 0 bridgehead atoms. The fraction of sp³-hybridized carbons (Fsp3) is 0.222. The molecule has 0 saturated carbocycles. The highest BCUT2D eigenvalue weighted by Gasteiger charge is 2.19. The number of rotatable bonds is 0. The molecular weight excluding hydrogens is 236 g/mol. The van der Waals surface area contributed by atoms with Crippen molar-refractivity contribution in [1.82, 2.24) is 0 Å². The molecule has 1 aromatic rings. The van der Waals surface area contributed by atoms with E-state index in [0.717, 1.165) is 0 Å². The number of phenolic OH excluding ortho intramolecular Hbond substituents is 1. The summed E-state index contributed by atoms with van der Waals surface area (Å²) in [6.45, 7) is 0.396. The monoisotopic (exact) mass is 242 g/mol. The van der Waals surface area contributed by atoms with Crippen molar-refractivity contribution in [1.29, 1.82) is 0 Å². The normalized spacial score (nSPS) is 15.0. The third kappa shape index (κ3) is 1.42. The number of benzene rings is 1. The molecule has 0 amide bonds. The van der Waals surface area contributed by atoms with Crippen LogP contribution in [0.25, 0.3) is 0 Å². The van der Waals surface area contributed by atoms with Gasteiger partial charge in [-0.05, 0) is 22.0 Å². The van der Waals surface area contributed by atoms with Crippen molar-refractivity contribution in [2.75, 3.05) is 6.61 Å². The smallest absolute Gasteiger partial charge is 0.170 e. The molecule has 0 fully saturated rings. The number of hydrogen-bond acceptors (Lipinski definition) is 3. The topological polar surface area (TPSA) is 46.5 Å². The van der Waals surface area contributed by atoms with E-state index in [1.165, 1.54) is 6.07 Å². The number of aromatic hydroxyl groups is 1. The van der Waals surface area contributed by atoms with Gasteiger partial charge in [0.1, 0.15) is 11.5 Å². The van der Waals surface area contributed by atoms with Gasteiger partial charge in [0, 0.05) is 12.5 Å². The van der Waals surface area contributed by atoms with Gasteiger partial charge in [-0.25, -0.2) is 0 Å². The molecule has 1 heterocycles. The molecule has 0 atom stereocenters. The molecule has 1 aliphatic heterocycles. The van der Waals surface area contributed by atoms with Gasteiger partial charge in [0.05, 0.1) is 16.6 Å². The third-order valence-electron chi connectivity index (χ3n) is 1.94. The minimum atomic E-state index is 0.0574. The SMILES string of the molecule is O=C1CCOc2cc(O)c(Br)cc21. The number of carbonyl (C=O) groups excluding carboxylic acids is 1. The van der Waals surface area contributed by atoms with Crippen molar-refractivity contribution >= 4 is 21.7 Å². The summed E-state index contributed by atoms with van der Waals surface area (Å²) in [5.74, 6) is 0.618. The Hall–Kier alpha value is -1.03. The fourth-order valence-corrected chi connectivity index (χ4v) is 1.61. The van der Waals surface area contributed by atoms with Crippen LogP contribution >= 0.6 is 15.9 Å². The van der Waals surface area contributed by atoms with E-state index in [9.17, 15) is 9.90 Å². The van der Waals surface area contributed by atoms with Gasteiger partial charge >= 0.3 is 0 Å². The highest BCUT2D eigenvalue weighted by molar-refractivity contribution is 9.10. The lowest BCUT2D eigenvalue weighted by Crippen LogP contribution is -2.14. The van der Waals surface area contributed by atoms with Crippen molar-refractivity contribution in [2.45, 2.75) is 6.42 Å². The molecule has 0 aromatic heterocycles. The van der Waals surface area contributed by atoms with Crippen LogP contribution in [0.15, 0.2) is 16.6 Å². The largest absolute Gasteiger partial charge is 0.507 e. The van der Waals surface area contributed by atoms with Gasteiger partial charge in [0.25, 0.3) is 0 Å². The van der Waals surface area contributed by atoms with Crippen LogP contribution in [0, 0.1) is 0 Å². The molecule has 0 saturated heterocycles. The van der Waals surface area contributed by atoms with Crippen LogP contribution in [0.1, 0.15) is 16.8 Å². The standard InChI is InChI=1S/C9H7BrO3/c10-6-3-5-7(11)1-2-13-9(5)4-8(6)12/h3-4,12H,1-2H2. The molecule has 3 nitrogen and oxygen atoms in total. The van der Waals surface area contributed by atoms with E-state index in [-0.39, 0.29) is 11.5 Å². The van der Waals surface area contributed by atoms with Gasteiger partial charge in [-0.3, -0.25) is 4.79 Å². The zero-order valence-electron chi connectivity index (χ0n) is 6.71. The Morgan fingerprint density at radius 1 is 1.46 bits per heavy atom. The molecule has 68 valence electrons. The molecule has 1 aliphatic rings. The minimum Gasteiger partial charge on any atom is -0.507 e. The van der Waals surface area contributed by atoms with Crippen molar-refractivity contribution in [3.63, 3.8) is 0 Å². The minimum absolute atomic E-state index is 0.0574. The summed E-state index contributed by atoms with van der Waals surface area (Å²) < 4.78 is 5.75. The van der Waals surface area contributed by atoms with E-state index in [4.69, 9.17) is 4.74 Å². The lowest BCUT2D eigenvalue weighted by atomic mass is 10.1. The molecule has 2 rings (SSSR count). The van der Waals surface area contributed by atoms with Gasteiger partial charge in [-0.1, -0.05) is 0 Å². The number of ether oxygens (including phenoxy) is 1. The number of phenols is 1. The lowest BCUT2D eigenvalue weighted by Gasteiger charge is -2.16. The van der Waals surface area contributed by atoms with E-state index in [1.54, 1.807) is 6.07 Å². The summed E-state index contributed by atoms with van der Waals surface area (Å²) in [5.41, 5.74) is 0.538. The van der Waals surface area contributed by atoms with Crippen molar-refractivity contribution in [2.24, 2.45) is 0 Å². The number of hydrogen-bond donors (Lipinski definition) is 1. The molecule has 0 radical (unpaired) electrons. The quantitative estimate of drug-likeness (QED) is 0.759. The first-order valence-corrected chi connectivity index (χ1v) is 4.66. The van der Waals surface area contributed by atoms with Crippen LogP contribution in [-0.2, 0) is 0 Å². The Morgan fingerprint density at radius 3 is 3.00 bits per heavy atom. The molecule has 1 N–H and O–H groups in total. The van der Waals surface area contributed by atoms with Gasteiger partial charge < -0.3 is 9.84 Å². The van der Waals surface area contributed by atoms with Crippen LogP contribution < -0.4 is 4.74 Å². The fourth-order valence-electron chi connectivity index (χ4n) is 1.27. The van der Waals surface area contributed by atoms with Crippen molar-refractivity contribution in [3.05, 3.63) is 22.2 Å². The zero-order chi connectivity index (χ0) is 9.42.